The summed E-state index contributed by atoms with van der Waals surface area (Å²) in [4.78, 5) is 10.8. The Morgan fingerprint density at radius 2 is 1.81 bits per heavy atom. The zero-order valence-electron chi connectivity index (χ0n) is 14.1. The second-order valence-electron chi connectivity index (χ2n) is 5.74. The molecule has 4 aromatic rings. The fourth-order valence-electron chi connectivity index (χ4n) is 2.61. The number of hydrogen-bond acceptors (Lipinski definition) is 5. The van der Waals surface area contributed by atoms with E-state index in [1.165, 1.54) is 18.3 Å². The van der Waals surface area contributed by atoms with Crippen molar-refractivity contribution in [2.75, 3.05) is 0 Å². The summed E-state index contributed by atoms with van der Waals surface area (Å²) in [5.74, 6) is 0. The molecule has 134 valence electrons. The molecule has 0 saturated heterocycles. The van der Waals surface area contributed by atoms with E-state index in [2.05, 4.69) is 19.9 Å². The van der Waals surface area contributed by atoms with E-state index in [1.807, 2.05) is 34.9 Å². The van der Waals surface area contributed by atoms with Crippen LogP contribution in [-0.4, -0.2) is 29.0 Å². The van der Waals surface area contributed by atoms with Crippen molar-refractivity contribution < 1.29 is 8.42 Å². The van der Waals surface area contributed by atoms with Gasteiger partial charge in [-0.3, -0.25) is 9.38 Å². The molecule has 4 rings (SSSR count). The first-order chi connectivity index (χ1) is 13.1. The fraction of sp³-hybridized carbons (Fsp3) is 0. The van der Waals surface area contributed by atoms with E-state index >= 15 is 0 Å². The Kier molecular flexibility index (Phi) is 4.39. The molecule has 27 heavy (non-hydrogen) atoms. The predicted octanol–water partition coefficient (Wildman–Crippen LogP) is 2.71. The summed E-state index contributed by atoms with van der Waals surface area (Å²) in [7, 11) is -3.70. The minimum absolute atomic E-state index is 0.152. The number of imidazole rings is 1. The van der Waals surface area contributed by atoms with E-state index < -0.39 is 10.0 Å². The smallest absolute Gasteiger partial charge is 0.276 e. The van der Waals surface area contributed by atoms with Gasteiger partial charge < -0.3 is 0 Å². The van der Waals surface area contributed by atoms with Gasteiger partial charge in [0.15, 0.2) is 0 Å². The van der Waals surface area contributed by atoms with Gasteiger partial charge in [-0.15, -0.1) is 0 Å². The maximum Gasteiger partial charge on any atom is 0.276 e. The largest absolute Gasteiger partial charge is 0.298 e. The normalized spacial score (nSPS) is 11.9. The van der Waals surface area contributed by atoms with Crippen LogP contribution >= 0.6 is 0 Å². The van der Waals surface area contributed by atoms with Crippen molar-refractivity contribution in [2.24, 2.45) is 5.10 Å². The van der Waals surface area contributed by atoms with Crippen molar-refractivity contribution in [3.05, 3.63) is 85.1 Å². The standard InChI is InChI=1S/C19H15N5O2S/c25-27(26,18-6-2-1-3-7-18)23-22-13-17-12-21-19-9-8-16(14-24(17)19)15-5-4-10-20-11-15/h1-14,23H. The highest BCUT2D eigenvalue weighted by Crippen LogP contribution is 2.19. The molecular weight excluding hydrogens is 362 g/mol. The molecule has 0 aliphatic carbocycles. The minimum atomic E-state index is -3.70. The topological polar surface area (TPSA) is 88.7 Å². The summed E-state index contributed by atoms with van der Waals surface area (Å²) in [6.07, 6.45) is 8.46. The molecule has 0 aliphatic rings. The van der Waals surface area contributed by atoms with Crippen molar-refractivity contribution in [2.45, 2.75) is 4.90 Å². The Balaban J connectivity index is 1.61. The first-order valence-electron chi connectivity index (χ1n) is 8.11. The molecule has 0 aliphatic heterocycles. The number of nitrogens with one attached hydrogen (secondary N) is 1. The first kappa shape index (κ1) is 16.9. The average Bonchev–Trinajstić information content (AvgIpc) is 3.11. The summed E-state index contributed by atoms with van der Waals surface area (Å²) in [6, 6.07) is 15.7. The van der Waals surface area contributed by atoms with Gasteiger partial charge in [0.2, 0.25) is 0 Å². The number of sulfonamides is 1. The number of hydrazone groups is 1. The van der Waals surface area contributed by atoms with Crippen molar-refractivity contribution >= 4 is 21.9 Å². The molecule has 0 bridgehead atoms. The van der Waals surface area contributed by atoms with Crippen molar-refractivity contribution in [3.63, 3.8) is 0 Å². The van der Waals surface area contributed by atoms with Crippen molar-refractivity contribution in [3.8, 4) is 11.1 Å². The Morgan fingerprint density at radius 1 is 0.963 bits per heavy atom. The minimum Gasteiger partial charge on any atom is -0.298 e. The monoisotopic (exact) mass is 377 g/mol. The number of aromatic nitrogens is 3. The molecule has 7 nitrogen and oxygen atoms in total. The van der Waals surface area contributed by atoms with Gasteiger partial charge in [-0.25, -0.2) is 9.82 Å². The van der Waals surface area contributed by atoms with Crippen LogP contribution in [0.4, 0.5) is 0 Å². The lowest BCUT2D eigenvalue weighted by molar-refractivity contribution is 0.584. The lowest BCUT2D eigenvalue weighted by Crippen LogP contribution is -2.18. The van der Waals surface area contributed by atoms with Crippen LogP contribution in [0.1, 0.15) is 5.69 Å². The molecular formula is C19H15N5O2S. The van der Waals surface area contributed by atoms with Crippen LogP contribution in [0.2, 0.25) is 0 Å². The van der Waals surface area contributed by atoms with Crippen LogP contribution in [0.3, 0.4) is 0 Å². The zero-order valence-corrected chi connectivity index (χ0v) is 14.9. The van der Waals surface area contributed by atoms with Gasteiger partial charge in [-0.1, -0.05) is 24.3 Å². The fourth-order valence-corrected chi connectivity index (χ4v) is 3.43. The molecule has 8 heteroatoms. The number of benzene rings is 1. The van der Waals surface area contributed by atoms with Crippen LogP contribution < -0.4 is 4.83 Å². The van der Waals surface area contributed by atoms with Gasteiger partial charge in [0.25, 0.3) is 10.0 Å². The van der Waals surface area contributed by atoms with Gasteiger partial charge in [0.05, 0.1) is 23.0 Å². The Bertz CT molecular complexity index is 1200. The van der Waals surface area contributed by atoms with Crippen LogP contribution in [0.25, 0.3) is 16.8 Å². The molecule has 0 unspecified atom stereocenters. The SMILES string of the molecule is O=S(=O)(NN=Cc1cnc2ccc(-c3cccnc3)cn12)c1ccccc1. The van der Waals surface area contributed by atoms with E-state index in [9.17, 15) is 8.42 Å². The number of hydrogen-bond donors (Lipinski definition) is 1. The lowest BCUT2D eigenvalue weighted by atomic mass is 10.1. The Hall–Kier alpha value is -3.52. The van der Waals surface area contributed by atoms with Crippen LogP contribution in [0.15, 0.2) is 89.4 Å². The molecule has 0 spiro atoms. The number of rotatable bonds is 5. The molecule has 3 aromatic heterocycles. The van der Waals surface area contributed by atoms with Crippen molar-refractivity contribution in [1.82, 2.24) is 19.2 Å². The van der Waals surface area contributed by atoms with Gasteiger partial charge >= 0.3 is 0 Å². The van der Waals surface area contributed by atoms with Crippen LogP contribution in [-0.2, 0) is 10.0 Å². The maximum atomic E-state index is 12.2. The van der Waals surface area contributed by atoms with E-state index in [0.29, 0.717) is 5.69 Å². The third-order valence-corrected chi connectivity index (χ3v) is 5.19. The second kappa shape index (κ2) is 7.00. The molecule has 0 amide bonds. The highest BCUT2D eigenvalue weighted by atomic mass is 32.2. The van der Waals surface area contributed by atoms with Gasteiger partial charge in [-0.2, -0.15) is 13.5 Å². The van der Waals surface area contributed by atoms with E-state index in [-0.39, 0.29) is 4.90 Å². The lowest BCUT2D eigenvalue weighted by Gasteiger charge is -2.04. The third-order valence-electron chi connectivity index (χ3n) is 3.95. The highest BCUT2D eigenvalue weighted by molar-refractivity contribution is 7.89. The van der Waals surface area contributed by atoms with Gasteiger partial charge in [0.1, 0.15) is 5.65 Å². The average molecular weight is 377 g/mol. The Morgan fingerprint density at radius 3 is 2.59 bits per heavy atom. The quantitative estimate of drug-likeness (QED) is 0.428. The molecule has 1 N–H and O–H groups in total. The van der Waals surface area contributed by atoms with Gasteiger partial charge in [0, 0.05) is 29.7 Å². The zero-order chi connectivity index (χ0) is 18.7. The molecule has 0 atom stereocenters. The summed E-state index contributed by atoms with van der Waals surface area (Å²) >= 11 is 0. The van der Waals surface area contributed by atoms with Crippen LogP contribution in [0.5, 0.6) is 0 Å². The molecule has 0 saturated carbocycles. The molecule has 0 fully saturated rings. The summed E-state index contributed by atoms with van der Waals surface area (Å²) < 4.78 is 26.3. The van der Waals surface area contributed by atoms with Crippen LogP contribution in [0, 0.1) is 0 Å². The summed E-state index contributed by atoms with van der Waals surface area (Å²) in [5, 5.41) is 3.88. The number of nitrogens with zero attached hydrogens (tertiary/aromatic N) is 4. The summed E-state index contributed by atoms with van der Waals surface area (Å²) in [6.45, 7) is 0. The molecule has 3 heterocycles. The summed E-state index contributed by atoms with van der Waals surface area (Å²) in [5.41, 5.74) is 3.32. The van der Waals surface area contributed by atoms with E-state index in [0.717, 1.165) is 16.8 Å². The third kappa shape index (κ3) is 3.56. The molecule has 1 aromatic carbocycles. The van der Waals surface area contributed by atoms with E-state index in [1.54, 1.807) is 36.8 Å². The highest BCUT2D eigenvalue weighted by Gasteiger charge is 2.11. The molecule has 0 radical (unpaired) electrons. The van der Waals surface area contributed by atoms with E-state index in [4.69, 9.17) is 0 Å². The maximum absolute atomic E-state index is 12.2. The number of fused-ring (bicyclic) bond motifs is 1. The van der Waals surface area contributed by atoms with Crippen molar-refractivity contribution in [1.29, 1.82) is 0 Å². The second-order valence-corrected chi connectivity index (χ2v) is 7.40. The first-order valence-corrected chi connectivity index (χ1v) is 9.59. The predicted molar refractivity (Wildman–Crippen MR) is 103 cm³/mol. The van der Waals surface area contributed by atoms with Gasteiger partial charge in [-0.05, 0) is 30.3 Å². The Labute approximate surface area is 156 Å². The number of pyridine rings is 2.